The summed E-state index contributed by atoms with van der Waals surface area (Å²) in [6, 6.07) is 4.00. The van der Waals surface area contributed by atoms with Gasteiger partial charge in [-0.3, -0.25) is 4.98 Å². The van der Waals surface area contributed by atoms with Crippen LogP contribution in [0.25, 0.3) is 0 Å². The minimum absolute atomic E-state index is 0.561. The van der Waals surface area contributed by atoms with Gasteiger partial charge in [-0.25, -0.2) is 0 Å². The van der Waals surface area contributed by atoms with Gasteiger partial charge in [0.05, 0.1) is 5.56 Å². The molecule has 3 heteroatoms. The molecule has 1 aromatic heterocycles. The highest BCUT2D eigenvalue weighted by Gasteiger charge is 2.18. The minimum atomic E-state index is 0.561. The van der Waals surface area contributed by atoms with Gasteiger partial charge in [0, 0.05) is 31.4 Å². The second kappa shape index (κ2) is 2.92. The number of hydrogen-bond acceptors (Lipinski definition) is 3. The predicted octanol–water partition coefficient (Wildman–Crippen LogP) is 0.640. The fraction of sp³-hybridized carbons (Fsp3) is 0.333. The topological polar surface area (TPSA) is 48.7 Å². The number of nitrogens with zero attached hydrogens (tertiary/aromatic N) is 2. The van der Waals surface area contributed by atoms with Crippen molar-refractivity contribution in [2.45, 2.75) is 5.92 Å². The molecule has 0 atom stereocenters. The summed E-state index contributed by atoms with van der Waals surface area (Å²) in [4.78, 5) is 4.01. The van der Waals surface area contributed by atoms with Gasteiger partial charge in [-0.05, 0) is 11.6 Å². The zero-order valence-electron chi connectivity index (χ0n) is 6.62. The van der Waals surface area contributed by atoms with Crippen molar-refractivity contribution in [3.63, 3.8) is 0 Å². The lowest BCUT2D eigenvalue weighted by Gasteiger charge is -2.27. The Hall–Kier alpha value is -1.40. The zero-order chi connectivity index (χ0) is 8.39. The van der Waals surface area contributed by atoms with Crippen LogP contribution in [0.3, 0.4) is 0 Å². The molecule has 60 valence electrons. The van der Waals surface area contributed by atoms with Crippen molar-refractivity contribution < 1.29 is 0 Å². The highest BCUT2D eigenvalue weighted by Crippen LogP contribution is 2.18. The molecule has 1 aliphatic rings. The van der Waals surface area contributed by atoms with Crippen LogP contribution in [0.5, 0.6) is 0 Å². The molecule has 0 aliphatic carbocycles. The van der Waals surface area contributed by atoms with Gasteiger partial charge in [0.25, 0.3) is 0 Å². The Bertz CT molecular complexity index is 323. The van der Waals surface area contributed by atoms with Crippen LogP contribution in [0.2, 0.25) is 0 Å². The molecule has 3 nitrogen and oxygen atoms in total. The summed E-state index contributed by atoms with van der Waals surface area (Å²) >= 11 is 0. The Balaban J connectivity index is 2.27. The van der Waals surface area contributed by atoms with E-state index in [-0.39, 0.29) is 0 Å². The SMILES string of the molecule is N#Cc1cncc(C2CNC2)c1. The van der Waals surface area contributed by atoms with Gasteiger partial charge in [0.1, 0.15) is 6.07 Å². The fourth-order valence-electron chi connectivity index (χ4n) is 1.27. The molecule has 0 bridgehead atoms. The quantitative estimate of drug-likeness (QED) is 0.654. The molecule has 0 amide bonds. The Kier molecular flexibility index (Phi) is 1.77. The van der Waals surface area contributed by atoms with Crippen molar-refractivity contribution in [2.24, 2.45) is 0 Å². The lowest BCUT2D eigenvalue weighted by atomic mass is 9.94. The third-order valence-corrected chi connectivity index (χ3v) is 2.14. The summed E-state index contributed by atoms with van der Waals surface area (Å²) in [5.41, 5.74) is 1.83. The zero-order valence-corrected chi connectivity index (χ0v) is 6.62. The number of pyridine rings is 1. The second-order valence-electron chi connectivity index (χ2n) is 2.97. The van der Waals surface area contributed by atoms with E-state index < -0.39 is 0 Å². The molecule has 2 rings (SSSR count). The monoisotopic (exact) mass is 159 g/mol. The molecule has 1 N–H and O–H groups in total. The van der Waals surface area contributed by atoms with Gasteiger partial charge in [0.2, 0.25) is 0 Å². The first kappa shape index (κ1) is 7.26. The summed E-state index contributed by atoms with van der Waals surface area (Å²) in [7, 11) is 0. The molecule has 1 aliphatic heterocycles. The lowest BCUT2D eigenvalue weighted by molar-refractivity contribution is 0.447. The molecule has 0 radical (unpaired) electrons. The molecule has 0 spiro atoms. The summed E-state index contributed by atoms with van der Waals surface area (Å²) in [5.74, 6) is 0.561. The summed E-state index contributed by atoms with van der Waals surface area (Å²) in [5, 5.41) is 11.8. The highest BCUT2D eigenvalue weighted by atomic mass is 14.9. The van der Waals surface area contributed by atoms with Gasteiger partial charge in [-0.2, -0.15) is 5.26 Å². The van der Waals surface area contributed by atoms with Gasteiger partial charge >= 0.3 is 0 Å². The van der Waals surface area contributed by atoms with Crippen molar-refractivity contribution >= 4 is 0 Å². The van der Waals surface area contributed by atoms with Crippen LogP contribution in [-0.4, -0.2) is 18.1 Å². The van der Waals surface area contributed by atoms with Crippen molar-refractivity contribution in [1.29, 1.82) is 5.26 Å². The van der Waals surface area contributed by atoms with E-state index in [2.05, 4.69) is 16.4 Å². The predicted molar refractivity (Wildman–Crippen MR) is 44.6 cm³/mol. The first-order valence-corrected chi connectivity index (χ1v) is 3.96. The molecule has 0 unspecified atom stereocenters. The third-order valence-electron chi connectivity index (χ3n) is 2.14. The van der Waals surface area contributed by atoms with E-state index in [0.717, 1.165) is 13.1 Å². The maximum absolute atomic E-state index is 8.63. The standard InChI is InChI=1S/C9H9N3/c10-2-7-1-8(4-11-3-7)9-5-12-6-9/h1,3-4,9,12H,5-6H2. The Morgan fingerprint density at radius 1 is 1.50 bits per heavy atom. The fourth-order valence-corrected chi connectivity index (χ4v) is 1.27. The Morgan fingerprint density at radius 3 is 2.92 bits per heavy atom. The van der Waals surface area contributed by atoms with Gasteiger partial charge < -0.3 is 5.32 Å². The van der Waals surface area contributed by atoms with Gasteiger partial charge in [0.15, 0.2) is 0 Å². The van der Waals surface area contributed by atoms with Crippen molar-refractivity contribution in [2.75, 3.05) is 13.1 Å². The Morgan fingerprint density at radius 2 is 2.33 bits per heavy atom. The molecule has 2 heterocycles. The maximum Gasteiger partial charge on any atom is 0.101 e. The van der Waals surface area contributed by atoms with Crippen LogP contribution in [0, 0.1) is 11.3 Å². The van der Waals surface area contributed by atoms with Gasteiger partial charge in [-0.1, -0.05) is 0 Å². The van der Waals surface area contributed by atoms with Crippen molar-refractivity contribution in [3.05, 3.63) is 29.6 Å². The van der Waals surface area contributed by atoms with E-state index in [1.807, 2.05) is 12.3 Å². The smallest absolute Gasteiger partial charge is 0.101 e. The number of hydrogen-bond donors (Lipinski definition) is 1. The first-order valence-electron chi connectivity index (χ1n) is 3.96. The van der Waals surface area contributed by atoms with Crippen LogP contribution in [0.15, 0.2) is 18.5 Å². The molecular weight excluding hydrogens is 150 g/mol. The molecule has 12 heavy (non-hydrogen) atoms. The average molecular weight is 159 g/mol. The number of nitriles is 1. The van der Waals surface area contributed by atoms with Crippen molar-refractivity contribution in [1.82, 2.24) is 10.3 Å². The van der Waals surface area contributed by atoms with Crippen LogP contribution >= 0.6 is 0 Å². The molecular formula is C9H9N3. The summed E-state index contributed by atoms with van der Waals surface area (Å²) < 4.78 is 0. The molecule has 0 saturated carbocycles. The van der Waals surface area contributed by atoms with Crippen LogP contribution < -0.4 is 5.32 Å². The summed E-state index contributed by atoms with van der Waals surface area (Å²) in [6.07, 6.45) is 3.43. The van der Waals surface area contributed by atoms with E-state index in [1.54, 1.807) is 6.20 Å². The number of rotatable bonds is 1. The third kappa shape index (κ3) is 1.17. The number of nitrogens with one attached hydrogen (secondary N) is 1. The largest absolute Gasteiger partial charge is 0.315 e. The van der Waals surface area contributed by atoms with E-state index in [0.29, 0.717) is 11.5 Å². The Labute approximate surface area is 71.0 Å². The molecule has 1 saturated heterocycles. The normalized spacial score (nSPS) is 16.6. The van der Waals surface area contributed by atoms with E-state index in [1.165, 1.54) is 5.56 Å². The van der Waals surface area contributed by atoms with E-state index >= 15 is 0 Å². The van der Waals surface area contributed by atoms with E-state index in [4.69, 9.17) is 5.26 Å². The minimum Gasteiger partial charge on any atom is -0.315 e. The van der Waals surface area contributed by atoms with Crippen LogP contribution in [0.4, 0.5) is 0 Å². The van der Waals surface area contributed by atoms with Gasteiger partial charge in [-0.15, -0.1) is 0 Å². The molecule has 0 aromatic carbocycles. The number of aromatic nitrogens is 1. The van der Waals surface area contributed by atoms with Crippen LogP contribution in [-0.2, 0) is 0 Å². The van der Waals surface area contributed by atoms with Crippen molar-refractivity contribution in [3.8, 4) is 6.07 Å². The van der Waals surface area contributed by atoms with E-state index in [9.17, 15) is 0 Å². The average Bonchev–Trinajstić information content (AvgIpc) is 2.02. The second-order valence-corrected chi connectivity index (χ2v) is 2.97. The molecule has 1 fully saturated rings. The molecule has 1 aromatic rings. The summed E-state index contributed by atoms with van der Waals surface area (Å²) in [6.45, 7) is 2.02. The highest BCUT2D eigenvalue weighted by molar-refractivity contribution is 5.31. The lowest BCUT2D eigenvalue weighted by Crippen LogP contribution is -2.39. The first-order chi connectivity index (χ1) is 5.90. The maximum atomic E-state index is 8.63. The van der Waals surface area contributed by atoms with Crippen LogP contribution in [0.1, 0.15) is 17.0 Å².